The van der Waals surface area contributed by atoms with E-state index >= 15 is 0 Å². The summed E-state index contributed by atoms with van der Waals surface area (Å²) in [5.74, 6) is 1.30. The summed E-state index contributed by atoms with van der Waals surface area (Å²) in [6.07, 6.45) is 0.920. The molecule has 1 aliphatic rings. The van der Waals surface area contributed by atoms with Crippen LogP contribution in [0.5, 0.6) is 5.75 Å². The summed E-state index contributed by atoms with van der Waals surface area (Å²) in [5.41, 5.74) is 4.05. The third kappa shape index (κ3) is 4.02. The Hall–Kier alpha value is -2.86. The van der Waals surface area contributed by atoms with Crippen LogP contribution >= 0.6 is 11.8 Å². The van der Waals surface area contributed by atoms with Crippen molar-refractivity contribution in [2.24, 2.45) is 0 Å². The number of thioether (sulfide) groups is 1. The van der Waals surface area contributed by atoms with Crippen molar-refractivity contribution in [1.82, 2.24) is 10.2 Å². The van der Waals surface area contributed by atoms with Crippen molar-refractivity contribution < 1.29 is 9.53 Å². The minimum atomic E-state index is 0.104. The Morgan fingerprint density at radius 3 is 2.64 bits per heavy atom. The van der Waals surface area contributed by atoms with E-state index in [4.69, 9.17) is 4.74 Å². The van der Waals surface area contributed by atoms with Gasteiger partial charge in [0.2, 0.25) is 5.91 Å². The second-order valence-corrected chi connectivity index (χ2v) is 7.42. The van der Waals surface area contributed by atoms with Crippen LogP contribution in [0.4, 0.5) is 5.69 Å². The first-order valence-corrected chi connectivity index (χ1v) is 10.3. The van der Waals surface area contributed by atoms with Crippen LogP contribution in [0.15, 0.2) is 65.7 Å². The summed E-state index contributed by atoms with van der Waals surface area (Å²) in [5, 5.41) is 9.31. The Bertz CT molecular complexity index is 958. The molecule has 0 spiro atoms. The van der Waals surface area contributed by atoms with E-state index < -0.39 is 0 Å². The Morgan fingerprint density at radius 1 is 1.07 bits per heavy atom. The number of hydrogen-bond donors (Lipinski definition) is 0. The zero-order valence-corrected chi connectivity index (χ0v) is 16.5. The van der Waals surface area contributed by atoms with Crippen LogP contribution < -0.4 is 9.64 Å². The molecule has 0 unspecified atom stereocenters. The number of benzene rings is 2. The molecule has 1 aliphatic heterocycles. The normalized spacial score (nSPS) is 12.7. The van der Waals surface area contributed by atoms with Gasteiger partial charge in [-0.2, -0.15) is 0 Å². The number of fused-ring (bicyclic) bond motifs is 1. The van der Waals surface area contributed by atoms with Gasteiger partial charge in [-0.3, -0.25) is 4.79 Å². The molecular weight excluding hydrogens is 370 g/mol. The molecule has 2 aromatic carbocycles. The fourth-order valence-electron chi connectivity index (χ4n) is 3.25. The van der Waals surface area contributed by atoms with Crippen LogP contribution in [0, 0.1) is 0 Å². The van der Waals surface area contributed by atoms with E-state index in [2.05, 4.69) is 16.3 Å². The summed E-state index contributed by atoms with van der Waals surface area (Å²) < 4.78 is 5.46. The average molecular weight is 391 g/mol. The van der Waals surface area contributed by atoms with Crippen molar-refractivity contribution in [3.8, 4) is 17.0 Å². The van der Waals surface area contributed by atoms with Gasteiger partial charge in [-0.1, -0.05) is 30.0 Å². The predicted molar refractivity (Wildman–Crippen MR) is 112 cm³/mol. The predicted octanol–water partition coefficient (Wildman–Crippen LogP) is 4.22. The second kappa shape index (κ2) is 8.44. The van der Waals surface area contributed by atoms with Gasteiger partial charge in [-0.05, 0) is 61.4 Å². The number of aromatic nitrogens is 2. The number of ether oxygens (including phenoxy) is 1. The minimum absolute atomic E-state index is 0.104. The number of anilines is 1. The zero-order chi connectivity index (χ0) is 19.3. The molecule has 0 bridgehead atoms. The maximum Gasteiger partial charge on any atom is 0.237 e. The van der Waals surface area contributed by atoms with E-state index in [9.17, 15) is 4.79 Å². The van der Waals surface area contributed by atoms with Gasteiger partial charge in [0.25, 0.3) is 0 Å². The van der Waals surface area contributed by atoms with Crippen molar-refractivity contribution in [3.05, 3.63) is 66.2 Å². The van der Waals surface area contributed by atoms with Gasteiger partial charge < -0.3 is 9.64 Å². The highest BCUT2D eigenvalue weighted by Crippen LogP contribution is 2.29. The molecule has 1 aromatic heterocycles. The zero-order valence-electron chi connectivity index (χ0n) is 15.7. The van der Waals surface area contributed by atoms with Crippen LogP contribution in [0.3, 0.4) is 0 Å². The molecule has 0 atom stereocenters. The van der Waals surface area contributed by atoms with E-state index in [1.165, 1.54) is 17.3 Å². The maximum atomic E-state index is 12.6. The number of nitrogens with zero attached hydrogens (tertiary/aromatic N) is 3. The molecule has 142 valence electrons. The molecule has 0 aliphatic carbocycles. The molecule has 2 heterocycles. The molecule has 0 radical (unpaired) electrons. The summed E-state index contributed by atoms with van der Waals surface area (Å²) in [7, 11) is 0. The summed E-state index contributed by atoms with van der Waals surface area (Å²) >= 11 is 1.42. The molecule has 5 nitrogen and oxygen atoms in total. The molecule has 28 heavy (non-hydrogen) atoms. The van der Waals surface area contributed by atoms with E-state index in [1.807, 2.05) is 66.4 Å². The first kappa shape index (κ1) is 18.5. The molecule has 0 saturated heterocycles. The molecule has 0 N–H and O–H groups in total. The average Bonchev–Trinajstić information content (AvgIpc) is 3.18. The van der Waals surface area contributed by atoms with E-state index in [1.54, 1.807) is 0 Å². The molecular formula is C22H21N3O2S. The van der Waals surface area contributed by atoms with Crippen LogP contribution in [-0.2, 0) is 11.2 Å². The monoisotopic (exact) mass is 391 g/mol. The van der Waals surface area contributed by atoms with Crippen molar-refractivity contribution in [2.45, 2.75) is 18.4 Å². The lowest BCUT2D eigenvalue weighted by molar-refractivity contribution is -0.116. The van der Waals surface area contributed by atoms with Crippen molar-refractivity contribution in [3.63, 3.8) is 0 Å². The molecule has 6 heteroatoms. The largest absolute Gasteiger partial charge is 0.494 e. The number of rotatable bonds is 6. The number of amides is 1. The molecule has 4 rings (SSSR count). The molecule has 0 saturated carbocycles. The Kier molecular flexibility index (Phi) is 5.58. The number of carbonyl (C=O) groups excluding carboxylic acids is 1. The number of para-hydroxylation sites is 1. The van der Waals surface area contributed by atoms with Gasteiger partial charge in [0.15, 0.2) is 0 Å². The van der Waals surface area contributed by atoms with E-state index in [0.29, 0.717) is 12.4 Å². The van der Waals surface area contributed by atoms with Crippen LogP contribution in [0.1, 0.15) is 12.5 Å². The first-order chi connectivity index (χ1) is 13.7. The maximum absolute atomic E-state index is 12.6. The fourth-order valence-corrected chi connectivity index (χ4v) is 3.94. The van der Waals surface area contributed by atoms with Gasteiger partial charge >= 0.3 is 0 Å². The highest BCUT2D eigenvalue weighted by atomic mass is 32.2. The standard InChI is InChI=1S/C22H21N3O2S/c1-2-27-18-9-7-16(8-10-18)19-11-12-21(24-23-19)28-15-22(26)25-14-13-17-5-3-4-6-20(17)25/h3-12H,2,13-15H2,1H3. The second-order valence-electron chi connectivity index (χ2n) is 6.43. The lowest BCUT2D eigenvalue weighted by Crippen LogP contribution is -2.30. The lowest BCUT2D eigenvalue weighted by atomic mass is 10.1. The van der Waals surface area contributed by atoms with Gasteiger partial charge in [-0.25, -0.2) is 0 Å². The highest BCUT2D eigenvalue weighted by Gasteiger charge is 2.24. The van der Waals surface area contributed by atoms with Crippen LogP contribution in [0.25, 0.3) is 11.3 Å². The Labute approximate surface area is 168 Å². The molecule has 3 aromatic rings. The fraction of sp³-hybridized carbons (Fsp3) is 0.227. The summed E-state index contributed by atoms with van der Waals surface area (Å²) in [6.45, 7) is 3.36. The molecule has 0 fully saturated rings. The topological polar surface area (TPSA) is 55.3 Å². The first-order valence-electron chi connectivity index (χ1n) is 9.32. The third-order valence-electron chi connectivity index (χ3n) is 4.63. The summed E-state index contributed by atoms with van der Waals surface area (Å²) in [6, 6.07) is 19.7. The van der Waals surface area contributed by atoms with Crippen LogP contribution in [0.2, 0.25) is 0 Å². The van der Waals surface area contributed by atoms with E-state index in [-0.39, 0.29) is 5.91 Å². The smallest absolute Gasteiger partial charge is 0.237 e. The van der Waals surface area contributed by atoms with Crippen molar-refractivity contribution in [2.75, 3.05) is 23.8 Å². The van der Waals surface area contributed by atoms with Gasteiger partial charge in [0.05, 0.1) is 18.1 Å². The third-order valence-corrected chi connectivity index (χ3v) is 5.54. The summed E-state index contributed by atoms with van der Waals surface area (Å²) in [4.78, 5) is 14.5. The van der Waals surface area contributed by atoms with Crippen LogP contribution in [-0.4, -0.2) is 35.0 Å². The van der Waals surface area contributed by atoms with Gasteiger partial charge in [0, 0.05) is 17.8 Å². The minimum Gasteiger partial charge on any atom is -0.494 e. The van der Waals surface area contributed by atoms with Crippen molar-refractivity contribution in [1.29, 1.82) is 0 Å². The lowest BCUT2D eigenvalue weighted by Gasteiger charge is -2.16. The van der Waals surface area contributed by atoms with Crippen molar-refractivity contribution >= 4 is 23.4 Å². The Morgan fingerprint density at radius 2 is 1.89 bits per heavy atom. The molecule has 1 amide bonds. The SMILES string of the molecule is CCOc1ccc(-c2ccc(SCC(=O)N3CCc4ccccc43)nn2)cc1. The number of carbonyl (C=O) groups is 1. The van der Waals surface area contributed by atoms with Gasteiger partial charge in [-0.15, -0.1) is 10.2 Å². The number of hydrogen-bond acceptors (Lipinski definition) is 5. The van der Waals surface area contributed by atoms with E-state index in [0.717, 1.165) is 40.7 Å². The highest BCUT2D eigenvalue weighted by molar-refractivity contribution is 7.99. The quantitative estimate of drug-likeness (QED) is 0.589. The Balaban J connectivity index is 1.36. The van der Waals surface area contributed by atoms with Gasteiger partial charge in [0.1, 0.15) is 10.8 Å².